The van der Waals surface area contributed by atoms with Gasteiger partial charge < -0.3 is 20.0 Å². The molecule has 1 aromatic heterocycles. The number of carbonyl (C=O) groups is 2. The van der Waals surface area contributed by atoms with E-state index < -0.39 is 6.04 Å². The van der Waals surface area contributed by atoms with Gasteiger partial charge in [0, 0.05) is 61.3 Å². The molecule has 0 spiro atoms. The van der Waals surface area contributed by atoms with E-state index in [1.54, 1.807) is 18.5 Å². The van der Waals surface area contributed by atoms with Crippen LogP contribution in [0.1, 0.15) is 38.3 Å². The molecule has 2 aliphatic heterocycles. The zero-order valence-electron chi connectivity index (χ0n) is 22.8. The third-order valence-corrected chi connectivity index (χ3v) is 8.21. The topological polar surface area (TPSA) is 81.7 Å². The fourth-order valence-electron chi connectivity index (χ4n) is 6.08. The van der Waals surface area contributed by atoms with Crippen molar-refractivity contribution in [2.75, 3.05) is 47.8 Å². The average Bonchev–Trinajstić information content (AvgIpc) is 3.08. The summed E-state index contributed by atoms with van der Waals surface area (Å²) in [5.74, 6) is 0.818. The number of anilines is 3. The molecule has 3 heterocycles. The lowest BCUT2D eigenvalue weighted by atomic mass is 9.73. The number of ketones is 1. The number of para-hydroxylation sites is 2. The van der Waals surface area contributed by atoms with Gasteiger partial charge in [0.1, 0.15) is 0 Å². The first kappa shape index (κ1) is 26.3. The standard InChI is InChI=1S/C31H33ClN6O2/c1-31(2)18-24-28(26(39)19-31)29(21-8-10-22(32)11-9-21)38(25-7-4-3-6-23(25)35-24)20-27(40)36-14-16-37(17-15-36)30-33-12-5-13-34-30/h3-13,29,35H,14-20H2,1-2H3. The van der Waals surface area contributed by atoms with Gasteiger partial charge in [-0.1, -0.05) is 49.7 Å². The number of amides is 1. The van der Waals surface area contributed by atoms with Gasteiger partial charge in [0.25, 0.3) is 0 Å². The van der Waals surface area contributed by atoms with E-state index >= 15 is 0 Å². The van der Waals surface area contributed by atoms with Crippen LogP contribution in [0.2, 0.25) is 5.02 Å². The summed E-state index contributed by atoms with van der Waals surface area (Å²) in [6, 6.07) is 17.0. The van der Waals surface area contributed by atoms with E-state index in [1.165, 1.54) is 0 Å². The van der Waals surface area contributed by atoms with Crippen molar-refractivity contribution in [1.82, 2.24) is 14.9 Å². The summed E-state index contributed by atoms with van der Waals surface area (Å²) in [4.78, 5) is 42.6. The lowest BCUT2D eigenvalue weighted by Gasteiger charge is -2.40. The molecule has 206 valence electrons. The van der Waals surface area contributed by atoms with E-state index in [0.29, 0.717) is 43.6 Å². The number of rotatable bonds is 4. The molecule has 1 unspecified atom stereocenters. The van der Waals surface area contributed by atoms with Crippen LogP contribution in [0.15, 0.2) is 78.3 Å². The van der Waals surface area contributed by atoms with Gasteiger partial charge in [0.2, 0.25) is 11.9 Å². The van der Waals surface area contributed by atoms with Crippen LogP contribution in [0.4, 0.5) is 17.3 Å². The van der Waals surface area contributed by atoms with Crippen molar-refractivity contribution in [3.63, 3.8) is 0 Å². The van der Waals surface area contributed by atoms with Gasteiger partial charge in [0.15, 0.2) is 5.78 Å². The number of nitrogens with one attached hydrogen (secondary N) is 1. The molecule has 1 aliphatic carbocycles. The molecule has 0 bridgehead atoms. The van der Waals surface area contributed by atoms with Gasteiger partial charge in [-0.25, -0.2) is 9.97 Å². The molecular formula is C31H33ClN6O2. The SMILES string of the molecule is CC1(C)CC(=O)C2=C(C1)Nc1ccccc1N(CC(=O)N1CCN(c3ncccn3)CC1)C2c1ccc(Cl)cc1. The second-order valence-corrected chi connectivity index (χ2v) is 11.9. The minimum absolute atomic E-state index is 0.0232. The zero-order chi connectivity index (χ0) is 27.9. The minimum Gasteiger partial charge on any atom is -0.357 e. The van der Waals surface area contributed by atoms with Crippen LogP contribution in [0.25, 0.3) is 0 Å². The smallest absolute Gasteiger partial charge is 0.242 e. The van der Waals surface area contributed by atoms with E-state index in [0.717, 1.165) is 34.6 Å². The molecule has 2 aromatic carbocycles. The number of hydrogen-bond donors (Lipinski definition) is 1. The van der Waals surface area contributed by atoms with Crippen LogP contribution in [-0.4, -0.2) is 59.3 Å². The number of carbonyl (C=O) groups excluding carboxylic acids is 2. The van der Waals surface area contributed by atoms with Crippen LogP contribution >= 0.6 is 11.6 Å². The average molecular weight is 557 g/mol. The van der Waals surface area contributed by atoms with Crippen LogP contribution < -0.4 is 15.1 Å². The number of halogens is 1. The monoisotopic (exact) mass is 556 g/mol. The Hall–Kier alpha value is -3.91. The zero-order valence-corrected chi connectivity index (χ0v) is 23.6. The molecule has 0 saturated carbocycles. The van der Waals surface area contributed by atoms with Gasteiger partial charge >= 0.3 is 0 Å². The number of Topliss-reactive ketones (excluding diaryl/α,β-unsaturated/α-hetero) is 1. The van der Waals surface area contributed by atoms with E-state index in [9.17, 15) is 9.59 Å². The van der Waals surface area contributed by atoms with Crippen LogP contribution in [0.3, 0.4) is 0 Å². The molecule has 1 atom stereocenters. The molecule has 3 aliphatic rings. The Morgan fingerprint density at radius 1 is 0.975 bits per heavy atom. The molecule has 8 nitrogen and oxygen atoms in total. The Balaban J connectivity index is 1.35. The summed E-state index contributed by atoms with van der Waals surface area (Å²) < 4.78 is 0. The molecule has 3 aromatic rings. The van der Waals surface area contributed by atoms with Gasteiger partial charge in [-0.2, -0.15) is 0 Å². The van der Waals surface area contributed by atoms with E-state index in [4.69, 9.17) is 11.6 Å². The van der Waals surface area contributed by atoms with Crippen LogP contribution in [-0.2, 0) is 9.59 Å². The Labute approximate surface area is 239 Å². The molecule has 1 amide bonds. The Kier molecular flexibility index (Phi) is 6.96. The van der Waals surface area contributed by atoms with Crippen molar-refractivity contribution in [2.45, 2.75) is 32.7 Å². The lowest BCUT2D eigenvalue weighted by molar-refractivity contribution is -0.130. The number of piperazine rings is 1. The van der Waals surface area contributed by atoms with Crippen molar-refractivity contribution < 1.29 is 9.59 Å². The Morgan fingerprint density at radius 3 is 2.40 bits per heavy atom. The normalized spacial score (nSPS) is 20.4. The molecular weight excluding hydrogens is 524 g/mol. The maximum Gasteiger partial charge on any atom is 0.242 e. The quantitative estimate of drug-likeness (QED) is 0.479. The predicted octanol–water partition coefficient (Wildman–Crippen LogP) is 5.10. The largest absolute Gasteiger partial charge is 0.357 e. The lowest BCUT2D eigenvalue weighted by Crippen LogP contribution is -2.52. The number of hydrogen-bond acceptors (Lipinski definition) is 7. The fraction of sp³-hybridized carbons (Fsp3) is 0.355. The highest BCUT2D eigenvalue weighted by Crippen LogP contribution is 2.48. The summed E-state index contributed by atoms with van der Waals surface area (Å²) in [7, 11) is 0. The molecule has 40 heavy (non-hydrogen) atoms. The van der Waals surface area contributed by atoms with Gasteiger partial charge in [-0.15, -0.1) is 0 Å². The van der Waals surface area contributed by atoms with Gasteiger partial charge in [-0.3, -0.25) is 9.59 Å². The number of fused-ring (bicyclic) bond motifs is 1. The number of allylic oxidation sites excluding steroid dienone is 1. The van der Waals surface area contributed by atoms with Crippen LogP contribution in [0, 0.1) is 5.41 Å². The second kappa shape index (κ2) is 10.6. The summed E-state index contributed by atoms with van der Waals surface area (Å²) in [5.41, 5.74) is 4.23. The number of nitrogens with zero attached hydrogens (tertiary/aromatic N) is 5. The van der Waals surface area contributed by atoms with Crippen molar-refractivity contribution in [2.24, 2.45) is 5.41 Å². The molecule has 1 N–H and O–H groups in total. The first-order valence-electron chi connectivity index (χ1n) is 13.7. The summed E-state index contributed by atoms with van der Waals surface area (Å²) in [5, 5.41) is 4.24. The van der Waals surface area contributed by atoms with Crippen LogP contribution in [0.5, 0.6) is 0 Å². The molecule has 1 fully saturated rings. The third-order valence-electron chi connectivity index (χ3n) is 7.96. The van der Waals surface area contributed by atoms with E-state index in [2.05, 4.69) is 38.9 Å². The highest BCUT2D eigenvalue weighted by Gasteiger charge is 2.42. The first-order valence-corrected chi connectivity index (χ1v) is 14.1. The first-order chi connectivity index (χ1) is 19.3. The predicted molar refractivity (Wildman–Crippen MR) is 157 cm³/mol. The number of benzene rings is 2. The van der Waals surface area contributed by atoms with E-state index in [-0.39, 0.29) is 23.7 Å². The molecule has 1 saturated heterocycles. The van der Waals surface area contributed by atoms with Crippen molar-refractivity contribution in [3.05, 3.63) is 88.8 Å². The Morgan fingerprint density at radius 2 is 1.68 bits per heavy atom. The summed E-state index contributed by atoms with van der Waals surface area (Å²) in [6.07, 6.45) is 4.67. The van der Waals surface area contributed by atoms with Crippen molar-refractivity contribution in [3.8, 4) is 0 Å². The summed E-state index contributed by atoms with van der Waals surface area (Å²) >= 11 is 6.27. The highest BCUT2D eigenvalue weighted by atomic mass is 35.5. The number of aromatic nitrogens is 2. The van der Waals surface area contributed by atoms with Gasteiger partial charge in [-0.05, 0) is 47.7 Å². The third kappa shape index (κ3) is 5.16. The van der Waals surface area contributed by atoms with Gasteiger partial charge in [0.05, 0.1) is 24.0 Å². The van der Waals surface area contributed by atoms with Crippen molar-refractivity contribution >= 4 is 40.6 Å². The van der Waals surface area contributed by atoms with E-state index in [1.807, 2.05) is 53.4 Å². The summed E-state index contributed by atoms with van der Waals surface area (Å²) in [6.45, 7) is 6.89. The minimum atomic E-state index is -0.421. The maximum absolute atomic E-state index is 13.9. The molecule has 0 radical (unpaired) electrons. The Bertz CT molecular complexity index is 1450. The maximum atomic E-state index is 13.9. The molecule has 9 heteroatoms. The molecule has 6 rings (SSSR count). The highest BCUT2D eigenvalue weighted by molar-refractivity contribution is 6.30. The van der Waals surface area contributed by atoms with Crippen molar-refractivity contribution in [1.29, 1.82) is 0 Å². The fourth-order valence-corrected chi connectivity index (χ4v) is 6.20. The second-order valence-electron chi connectivity index (χ2n) is 11.5.